The standard InChI is InChI=1S/C14H16ClFN2O3/c1-8(14(20)21)18(10-3-4-10)7-13(19)17-12-5-2-9(16)6-11(12)15/h2,5-6,8,10H,3-4,7H2,1H3,(H,17,19)(H,20,21). The zero-order valence-electron chi connectivity index (χ0n) is 11.5. The molecule has 0 aliphatic heterocycles. The molecule has 1 aliphatic rings. The number of aliphatic carboxylic acids is 1. The predicted octanol–water partition coefficient (Wildman–Crippen LogP) is 2.36. The molecule has 2 rings (SSSR count). The highest BCUT2D eigenvalue weighted by Crippen LogP contribution is 2.29. The van der Waals surface area contributed by atoms with E-state index in [1.165, 1.54) is 12.1 Å². The number of hydrogen-bond donors (Lipinski definition) is 2. The van der Waals surface area contributed by atoms with Crippen LogP contribution >= 0.6 is 11.6 Å². The van der Waals surface area contributed by atoms with Crippen molar-refractivity contribution < 1.29 is 19.1 Å². The van der Waals surface area contributed by atoms with Gasteiger partial charge >= 0.3 is 5.97 Å². The zero-order chi connectivity index (χ0) is 15.6. The Morgan fingerprint density at radius 2 is 2.19 bits per heavy atom. The Hall–Kier alpha value is -1.66. The van der Waals surface area contributed by atoms with Crippen molar-refractivity contribution >= 4 is 29.2 Å². The number of carboxylic acid groups (broad SMARTS) is 1. The van der Waals surface area contributed by atoms with Gasteiger partial charge in [0.2, 0.25) is 5.91 Å². The van der Waals surface area contributed by atoms with Crippen LogP contribution in [0.25, 0.3) is 0 Å². The Kier molecular flexibility index (Phi) is 4.80. The van der Waals surface area contributed by atoms with Gasteiger partial charge in [-0.2, -0.15) is 0 Å². The Morgan fingerprint density at radius 3 is 2.71 bits per heavy atom. The van der Waals surface area contributed by atoms with Gasteiger partial charge in [-0.05, 0) is 38.0 Å². The van der Waals surface area contributed by atoms with E-state index in [0.29, 0.717) is 5.69 Å². The van der Waals surface area contributed by atoms with E-state index in [2.05, 4.69) is 5.32 Å². The van der Waals surface area contributed by atoms with Gasteiger partial charge in [-0.15, -0.1) is 0 Å². The molecule has 1 atom stereocenters. The highest BCUT2D eigenvalue weighted by Gasteiger charge is 2.36. The molecule has 2 N–H and O–H groups in total. The fourth-order valence-corrected chi connectivity index (χ4v) is 2.29. The molecular formula is C14H16ClFN2O3. The van der Waals surface area contributed by atoms with Gasteiger partial charge in [0.1, 0.15) is 11.9 Å². The Labute approximate surface area is 126 Å². The molecule has 1 aromatic rings. The summed E-state index contributed by atoms with van der Waals surface area (Å²) in [5.41, 5.74) is 0.307. The lowest BCUT2D eigenvalue weighted by atomic mass is 10.2. The second-order valence-corrected chi connectivity index (χ2v) is 5.50. The van der Waals surface area contributed by atoms with Gasteiger partial charge in [0.15, 0.2) is 0 Å². The van der Waals surface area contributed by atoms with Crippen LogP contribution < -0.4 is 5.32 Å². The molecule has 1 aromatic carbocycles. The molecule has 0 spiro atoms. The third-order valence-corrected chi connectivity index (χ3v) is 3.71. The monoisotopic (exact) mass is 314 g/mol. The van der Waals surface area contributed by atoms with Crippen LogP contribution in [-0.2, 0) is 9.59 Å². The van der Waals surface area contributed by atoms with E-state index in [4.69, 9.17) is 16.7 Å². The number of nitrogens with one attached hydrogen (secondary N) is 1. The summed E-state index contributed by atoms with van der Waals surface area (Å²) >= 11 is 5.84. The van der Waals surface area contributed by atoms with Crippen LogP contribution in [0, 0.1) is 5.82 Å². The van der Waals surface area contributed by atoms with E-state index in [0.717, 1.165) is 18.9 Å². The van der Waals surface area contributed by atoms with Gasteiger partial charge in [0, 0.05) is 6.04 Å². The number of carbonyl (C=O) groups excluding carboxylic acids is 1. The topological polar surface area (TPSA) is 69.6 Å². The number of carboxylic acids is 1. The quantitative estimate of drug-likeness (QED) is 0.845. The first-order valence-electron chi connectivity index (χ1n) is 6.62. The first kappa shape index (κ1) is 15.7. The van der Waals surface area contributed by atoms with Gasteiger partial charge in [0.05, 0.1) is 17.3 Å². The summed E-state index contributed by atoms with van der Waals surface area (Å²) < 4.78 is 12.9. The van der Waals surface area contributed by atoms with Crippen molar-refractivity contribution in [2.75, 3.05) is 11.9 Å². The molecule has 1 amide bonds. The summed E-state index contributed by atoms with van der Waals surface area (Å²) in [6, 6.07) is 3.07. The van der Waals surface area contributed by atoms with Crippen LogP contribution in [0.2, 0.25) is 5.02 Å². The Morgan fingerprint density at radius 1 is 1.52 bits per heavy atom. The largest absolute Gasteiger partial charge is 0.480 e. The molecule has 1 saturated carbocycles. The predicted molar refractivity (Wildman–Crippen MR) is 76.9 cm³/mol. The van der Waals surface area contributed by atoms with Crippen molar-refractivity contribution in [1.82, 2.24) is 4.90 Å². The molecule has 0 bridgehead atoms. The highest BCUT2D eigenvalue weighted by atomic mass is 35.5. The van der Waals surface area contributed by atoms with Crippen LogP contribution in [0.1, 0.15) is 19.8 Å². The van der Waals surface area contributed by atoms with Crippen molar-refractivity contribution in [2.24, 2.45) is 0 Å². The summed E-state index contributed by atoms with van der Waals surface area (Å²) in [6.45, 7) is 1.52. The van der Waals surface area contributed by atoms with Crippen LogP contribution in [0.4, 0.5) is 10.1 Å². The minimum absolute atomic E-state index is 0.0359. The molecule has 7 heteroatoms. The molecule has 0 radical (unpaired) electrons. The lowest BCUT2D eigenvalue weighted by Gasteiger charge is -2.25. The van der Waals surface area contributed by atoms with Crippen LogP contribution in [0.5, 0.6) is 0 Å². The number of anilines is 1. The van der Waals surface area contributed by atoms with Crippen molar-refractivity contribution in [3.05, 3.63) is 29.0 Å². The summed E-state index contributed by atoms with van der Waals surface area (Å²) in [5.74, 6) is -1.82. The molecule has 1 aliphatic carbocycles. The third-order valence-electron chi connectivity index (χ3n) is 3.40. The first-order chi connectivity index (χ1) is 9.88. The van der Waals surface area contributed by atoms with E-state index in [-0.39, 0.29) is 23.5 Å². The fourth-order valence-electron chi connectivity index (χ4n) is 2.08. The summed E-state index contributed by atoms with van der Waals surface area (Å²) in [7, 11) is 0. The molecule has 0 aromatic heterocycles. The average Bonchev–Trinajstić information content (AvgIpc) is 3.23. The molecule has 21 heavy (non-hydrogen) atoms. The third kappa shape index (κ3) is 4.15. The van der Waals surface area contributed by atoms with Crippen LogP contribution in [0.15, 0.2) is 18.2 Å². The number of rotatable bonds is 6. The molecule has 0 heterocycles. The molecule has 5 nitrogen and oxygen atoms in total. The lowest BCUT2D eigenvalue weighted by Crippen LogP contribution is -2.44. The second kappa shape index (κ2) is 6.41. The zero-order valence-corrected chi connectivity index (χ0v) is 12.2. The van der Waals surface area contributed by atoms with Crippen molar-refractivity contribution in [3.63, 3.8) is 0 Å². The maximum Gasteiger partial charge on any atom is 0.320 e. The molecule has 0 saturated heterocycles. The average molecular weight is 315 g/mol. The number of halogens is 2. The Balaban J connectivity index is 2.00. The van der Waals surface area contributed by atoms with E-state index in [1.54, 1.807) is 11.8 Å². The number of amides is 1. The molecular weight excluding hydrogens is 299 g/mol. The minimum Gasteiger partial charge on any atom is -0.480 e. The second-order valence-electron chi connectivity index (χ2n) is 5.09. The summed E-state index contributed by atoms with van der Waals surface area (Å²) in [4.78, 5) is 24.7. The maximum absolute atomic E-state index is 12.9. The van der Waals surface area contributed by atoms with Gasteiger partial charge in [-0.25, -0.2) is 4.39 Å². The van der Waals surface area contributed by atoms with Crippen molar-refractivity contribution in [2.45, 2.75) is 31.8 Å². The van der Waals surface area contributed by atoms with Crippen LogP contribution in [0.3, 0.4) is 0 Å². The first-order valence-corrected chi connectivity index (χ1v) is 6.99. The van der Waals surface area contributed by atoms with Crippen molar-refractivity contribution in [1.29, 1.82) is 0 Å². The van der Waals surface area contributed by atoms with Crippen molar-refractivity contribution in [3.8, 4) is 0 Å². The normalized spacial score (nSPS) is 15.8. The highest BCUT2D eigenvalue weighted by molar-refractivity contribution is 6.33. The smallest absolute Gasteiger partial charge is 0.320 e. The van der Waals surface area contributed by atoms with Gasteiger partial charge < -0.3 is 10.4 Å². The van der Waals surface area contributed by atoms with Gasteiger partial charge in [0.25, 0.3) is 0 Å². The van der Waals surface area contributed by atoms with Crippen LogP contribution in [-0.4, -0.2) is 40.5 Å². The van der Waals surface area contributed by atoms with Gasteiger partial charge in [-0.1, -0.05) is 11.6 Å². The lowest BCUT2D eigenvalue weighted by molar-refractivity contribution is -0.143. The molecule has 114 valence electrons. The Bertz CT molecular complexity index is 563. The number of carbonyl (C=O) groups is 2. The fraction of sp³-hybridized carbons (Fsp3) is 0.429. The van der Waals surface area contributed by atoms with E-state index >= 15 is 0 Å². The van der Waals surface area contributed by atoms with E-state index in [9.17, 15) is 14.0 Å². The SMILES string of the molecule is CC(C(=O)O)N(CC(=O)Nc1ccc(F)cc1Cl)C1CC1. The molecule has 1 unspecified atom stereocenters. The minimum atomic E-state index is -0.963. The van der Waals surface area contributed by atoms with Gasteiger partial charge in [-0.3, -0.25) is 14.5 Å². The maximum atomic E-state index is 12.9. The number of benzene rings is 1. The molecule has 1 fully saturated rings. The summed E-state index contributed by atoms with van der Waals surface area (Å²) in [5, 5.41) is 11.7. The number of nitrogens with zero attached hydrogens (tertiary/aromatic N) is 1. The van der Waals surface area contributed by atoms with E-state index < -0.39 is 17.8 Å². The van der Waals surface area contributed by atoms with E-state index in [1.807, 2.05) is 0 Å². The number of hydrogen-bond acceptors (Lipinski definition) is 3. The summed E-state index contributed by atoms with van der Waals surface area (Å²) in [6.07, 6.45) is 1.78.